The van der Waals surface area contributed by atoms with E-state index in [1.807, 2.05) is 38.7 Å². The van der Waals surface area contributed by atoms with Crippen LogP contribution in [0.4, 0.5) is 0 Å². The van der Waals surface area contributed by atoms with Crippen LogP contribution >= 0.6 is 0 Å². The fraction of sp³-hybridized carbons (Fsp3) is 0.640. The van der Waals surface area contributed by atoms with Crippen LogP contribution in [0.3, 0.4) is 0 Å². The van der Waals surface area contributed by atoms with Crippen LogP contribution in [0.5, 0.6) is 0 Å². The molecule has 1 N–H and O–H groups in total. The highest BCUT2D eigenvalue weighted by Gasteiger charge is 2.27. The third kappa shape index (κ3) is 6.01. The third-order valence-corrected chi connectivity index (χ3v) is 6.51. The van der Waals surface area contributed by atoms with Gasteiger partial charge in [-0.3, -0.25) is 9.59 Å². The molecule has 1 saturated heterocycles. The van der Waals surface area contributed by atoms with Crippen molar-refractivity contribution < 1.29 is 14.3 Å². The monoisotopic (exact) mass is 442 g/mol. The normalized spacial score (nSPS) is 16.2. The van der Waals surface area contributed by atoms with E-state index in [-0.39, 0.29) is 35.4 Å². The van der Waals surface area contributed by atoms with Gasteiger partial charge >= 0.3 is 0 Å². The Balaban J connectivity index is 2.04. The van der Waals surface area contributed by atoms with Crippen LogP contribution in [-0.2, 0) is 14.3 Å². The topological polar surface area (TPSA) is 87.4 Å². The van der Waals surface area contributed by atoms with Crippen molar-refractivity contribution in [1.82, 2.24) is 14.8 Å². The van der Waals surface area contributed by atoms with E-state index in [1.54, 1.807) is 13.2 Å². The van der Waals surface area contributed by atoms with Gasteiger partial charge in [0.05, 0.1) is 12.6 Å². The number of nitrogens with one attached hydrogen (secondary N) is 1. The number of aromatic nitrogens is 1. The van der Waals surface area contributed by atoms with E-state index in [0.29, 0.717) is 32.5 Å². The van der Waals surface area contributed by atoms with Crippen LogP contribution in [0.25, 0.3) is 6.08 Å². The van der Waals surface area contributed by atoms with Crippen molar-refractivity contribution in [2.75, 3.05) is 26.8 Å². The molecule has 7 nitrogen and oxygen atoms in total. The quantitative estimate of drug-likeness (QED) is 0.466. The van der Waals surface area contributed by atoms with Crippen LogP contribution in [0, 0.1) is 31.1 Å². The van der Waals surface area contributed by atoms with Crippen molar-refractivity contribution in [2.24, 2.45) is 5.92 Å². The average molecular weight is 443 g/mol. The second-order valence-corrected chi connectivity index (χ2v) is 8.76. The number of aryl methyl sites for hydroxylation is 1. The molecule has 0 saturated carbocycles. The number of nitriles is 1. The lowest BCUT2D eigenvalue weighted by molar-refractivity contribution is -0.136. The summed E-state index contributed by atoms with van der Waals surface area (Å²) in [5.74, 6) is -0.0534. The molecule has 0 aromatic carbocycles. The summed E-state index contributed by atoms with van der Waals surface area (Å²) in [6.07, 6.45) is 4.79. The van der Waals surface area contributed by atoms with Gasteiger partial charge in [-0.2, -0.15) is 5.26 Å². The largest absolute Gasteiger partial charge is 0.383 e. The Bertz CT molecular complexity index is 868. The van der Waals surface area contributed by atoms with E-state index in [4.69, 9.17) is 4.74 Å². The first kappa shape index (κ1) is 25.7. The second kappa shape index (κ2) is 11.9. The van der Waals surface area contributed by atoms with Crippen molar-refractivity contribution in [3.63, 3.8) is 0 Å². The average Bonchev–Trinajstić information content (AvgIpc) is 3.06. The summed E-state index contributed by atoms with van der Waals surface area (Å²) in [6.45, 7) is 12.0. The Morgan fingerprint density at radius 2 is 1.91 bits per heavy atom. The molecule has 1 aromatic heterocycles. The Morgan fingerprint density at radius 3 is 2.44 bits per heavy atom. The highest BCUT2D eigenvalue weighted by molar-refractivity contribution is 6.02. The number of hydrogen-bond donors (Lipinski definition) is 1. The maximum atomic E-state index is 12.8. The number of likely N-dealkylation sites (tertiary alicyclic amines) is 1. The van der Waals surface area contributed by atoms with E-state index in [2.05, 4.69) is 22.9 Å². The Labute approximate surface area is 192 Å². The molecule has 0 bridgehead atoms. The lowest BCUT2D eigenvalue weighted by Crippen LogP contribution is -2.48. The standard InChI is InChI=1S/C25H38N4O3/c1-7-20(8-2)25(31)28-11-9-23(10-12-28)27-24(30)22(15-26)14-21-13-17(3)29(19(21)5)18(4)16-32-6/h13-14,18,20,23H,7-12,16H2,1-6H3,(H,27,30)/b22-14-. The van der Waals surface area contributed by atoms with Gasteiger partial charge in [0.15, 0.2) is 0 Å². The van der Waals surface area contributed by atoms with Crippen molar-refractivity contribution in [2.45, 2.75) is 72.4 Å². The van der Waals surface area contributed by atoms with Gasteiger partial charge in [-0.25, -0.2) is 0 Å². The number of carbonyl (C=O) groups excluding carboxylic acids is 2. The van der Waals surface area contributed by atoms with Gasteiger partial charge in [-0.1, -0.05) is 13.8 Å². The summed E-state index contributed by atoms with van der Waals surface area (Å²) in [5, 5.41) is 12.6. The van der Waals surface area contributed by atoms with E-state index in [0.717, 1.165) is 29.8 Å². The maximum absolute atomic E-state index is 12.8. The van der Waals surface area contributed by atoms with Crippen molar-refractivity contribution in [3.8, 4) is 6.07 Å². The van der Waals surface area contributed by atoms with Crippen LogP contribution in [0.15, 0.2) is 11.6 Å². The van der Waals surface area contributed by atoms with Gasteiger partial charge in [0.1, 0.15) is 11.6 Å². The first-order valence-corrected chi connectivity index (χ1v) is 11.7. The molecule has 1 aliphatic heterocycles. The molecule has 2 amide bonds. The third-order valence-electron chi connectivity index (χ3n) is 6.51. The molecule has 2 rings (SSSR count). The molecule has 0 spiro atoms. The summed E-state index contributed by atoms with van der Waals surface area (Å²) in [5.41, 5.74) is 3.02. The number of nitrogens with zero attached hydrogens (tertiary/aromatic N) is 3. The number of amides is 2. The summed E-state index contributed by atoms with van der Waals surface area (Å²) in [6, 6.07) is 4.19. The fourth-order valence-electron chi connectivity index (χ4n) is 4.65. The zero-order valence-electron chi connectivity index (χ0n) is 20.4. The molecule has 1 aromatic rings. The Hall–Kier alpha value is -2.59. The summed E-state index contributed by atoms with van der Waals surface area (Å²) in [4.78, 5) is 27.3. The summed E-state index contributed by atoms with van der Waals surface area (Å²) < 4.78 is 7.43. The first-order valence-electron chi connectivity index (χ1n) is 11.7. The van der Waals surface area contributed by atoms with Crippen LogP contribution < -0.4 is 5.32 Å². The molecule has 1 atom stereocenters. The van der Waals surface area contributed by atoms with Gasteiger partial charge in [-0.15, -0.1) is 0 Å². The highest BCUT2D eigenvalue weighted by Crippen LogP contribution is 2.23. The predicted molar refractivity (Wildman–Crippen MR) is 126 cm³/mol. The molecule has 1 fully saturated rings. The molecule has 2 heterocycles. The SMILES string of the molecule is CCC(CC)C(=O)N1CCC(NC(=O)/C(C#N)=C\c2cc(C)n(C(C)COC)c2C)CC1. The lowest BCUT2D eigenvalue weighted by atomic mass is 9.98. The molecular weight excluding hydrogens is 404 g/mol. The molecule has 176 valence electrons. The van der Waals surface area contributed by atoms with Crippen LogP contribution in [0.2, 0.25) is 0 Å². The van der Waals surface area contributed by atoms with E-state index in [9.17, 15) is 14.9 Å². The first-order chi connectivity index (χ1) is 15.3. The van der Waals surface area contributed by atoms with E-state index in [1.165, 1.54) is 0 Å². The van der Waals surface area contributed by atoms with Gasteiger partial charge in [0.2, 0.25) is 5.91 Å². The number of ether oxygens (including phenoxy) is 1. The molecule has 1 aliphatic rings. The highest BCUT2D eigenvalue weighted by atomic mass is 16.5. The Morgan fingerprint density at radius 1 is 1.28 bits per heavy atom. The predicted octanol–water partition coefficient (Wildman–Crippen LogP) is 3.76. The number of hydrogen-bond acceptors (Lipinski definition) is 4. The number of rotatable bonds is 9. The molecule has 0 aliphatic carbocycles. The number of carbonyl (C=O) groups is 2. The van der Waals surface area contributed by atoms with Crippen molar-refractivity contribution in [1.29, 1.82) is 5.26 Å². The fourth-order valence-corrected chi connectivity index (χ4v) is 4.65. The number of piperidine rings is 1. The van der Waals surface area contributed by atoms with Gasteiger partial charge in [0, 0.05) is 43.5 Å². The summed E-state index contributed by atoms with van der Waals surface area (Å²) >= 11 is 0. The van der Waals surface area contributed by atoms with Crippen molar-refractivity contribution in [3.05, 3.63) is 28.6 Å². The van der Waals surface area contributed by atoms with E-state index < -0.39 is 0 Å². The minimum atomic E-state index is -0.355. The van der Waals surface area contributed by atoms with E-state index >= 15 is 0 Å². The van der Waals surface area contributed by atoms with Crippen LogP contribution in [-0.4, -0.2) is 54.1 Å². The molecule has 32 heavy (non-hydrogen) atoms. The minimum Gasteiger partial charge on any atom is -0.383 e. The van der Waals surface area contributed by atoms with Gasteiger partial charge < -0.3 is 19.5 Å². The van der Waals surface area contributed by atoms with Crippen LogP contribution in [0.1, 0.15) is 69.4 Å². The number of methoxy groups -OCH3 is 1. The lowest BCUT2D eigenvalue weighted by Gasteiger charge is -2.34. The second-order valence-electron chi connectivity index (χ2n) is 8.76. The smallest absolute Gasteiger partial charge is 0.262 e. The zero-order chi connectivity index (χ0) is 23.8. The molecule has 0 radical (unpaired) electrons. The minimum absolute atomic E-state index is 0.0286. The molecule has 1 unspecified atom stereocenters. The maximum Gasteiger partial charge on any atom is 0.262 e. The zero-order valence-corrected chi connectivity index (χ0v) is 20.4. The molecular formula is C25H38N4O3. The molecule has 7 heteroatoms. The van der Waals surface area contributed by atoms with Gasteiger partial charge in [0.25, 0.3) is 5.91 Å². The Kier molecular flexibility index (Phi) is 9.52. The van der Waals surface area contributed by atoms with Gasteiger partial charge in [-0.05, 0) is 64.2 Å². The summed E-state index contributed by atoms with van der Waals surface area (Å²) in [7, 11) is 1.68. The van der Waals surface area contributed by atoms with Crippen molar-refractivity contribution >= 4 is 17.9 Å².